The number of hydrogen-bond acceptors (Lipinski definition) is 6. The molecule has 0 radical (unpaired) electrons. The normalized spacial score (nSPS) is 29.2. The molecule has 4 rings (SSSR count). The summed E-state index contributed by atoms with van der Waals surface area (Å²) in [6, 6.07) is 4.97. The van der Waals surface area contributed by atoms with Crippen molar-refractivity contribution in [1.29, 1.82) is 0 Å². The van der Waals surface area contributed by atoms with Crippen LogP contribution in [0.4, 0.5) is 4.39 Å². The van der Waals surface area contributed by atoms with Crippen molar-refractivity contribution in [2.45, 2.75) is 18.6 Å². The van der Waals surface area contributed by atoms with E-state index in [4.69, 9.17) is 10.5 Å². The maximum Gasteiger partial charge on any atom is 0.154 e. The lowest BCUT2D eigenvalue weighted by molar-refractivity contribution is 0.107. The zero-order chi connectivity index (χ0) is 16.7. The number of halogens is 1. The number of ether oxygens (including phenoxy) is 1. The lowest BCUT2D eigenvalue weighted by Crippen LogP contribution is -2.41. The van der Waals surface area contributed by atoms with Gasteiger partial charge in [0.05, 0.1) is 24.6 Å². The van der Waals surface area contributed by atoms with E-state index in [1.165, 1.54) is 17.8 Å². The molecule has 0 saturated carbocycles. The SMILES string of the molecule is C[C@H]1OC[C@]2(c3cc(-c4cnccn4)ccc3F)N=C(N)SC[C@H]12. The second kappa shape index (κ2) is 5.82. The van der Waals surface area contributed by atoms with Crippen LogP contribution < -0.4 is 5.73 Å². The fourth-order valence-corrected chi connectivity index (χ4v) is 4.59. The number of amidine groups is 1. The number of benzene rings is 1. The van der Waals surface area contributed by atoms with Gasteiger partial charge in [-0.05, 0) is 25.1 Å². The Morgan fingerprint density at radius 2 is 2.25 bits per heavy atom. The third-order valence-electron chi connectivity index (χ3n) is 4.76. The van der Waals surface area contributed by atoms with Gasteiger partial charge in [0.15, 0.2) is 5.17 Å². The maximum absolute atomic E-state index is 14.7. The van der Waals surface area contributed by atoms with E-state index in [1.54, 1.807) is 30.7 Å². The summed E-state index contributed by atoms with van der Waals surface area (Å²) in [5, 5.41) is 0.480. The van der Waals surface area contributed by atoms with Crippen molar-refractivity contribution in [3.05, 3.63) is 48.2 Å². The van der Waals surface area contributed by atoms with Gasteiger partial charge in [0, 0.05) is 35.2 Å². The molecule has 0 bridgehead atoms. The Kier molecular flexibility index (Phi) is 3.77. The van der Waals surface area contributed by atoms with E-state index >= 15 is 0 Å². The number of rotatable bonds is 2. The predicted octanol–water partition coefficient (Wildman–Crippen LogP) is 2.57. The fourth-order valence-electron chi connectivity index (χ4n) is 3.46. The minimum Gasteiger partial charge on any atom is -0.379 e. The van der Waals surface area contributed by atoms with Gasteiger partial charge >= 0.3 is 0 Å². The molecule has 2 N–H and O–H groups in total. The van der Waals surface area contributed by atoms with Gasteiger partial charge in [-0.25, -0.2) is 9.38 Å². The molecule has 24 heavy (non-hydrogen) atoms. The molecule has 7 heteroatoms. The Morgan fingerprint density at radius 1 is 1.38 bits per heavy atom. The van der Waals surface area contributed by atoms with Gasteiger partial charge in [0.25, 0.3) is 0 Å². The molecule has 3 heterocycles. The van der Waals surface area contributed by atoms with Crippen LogP contribution in [0.1, 0.15) is 12.5 Å². The molecule has 1 fully saturated rings. The van der Waals surface area contributed by atoms with Crippen LogP contribution in [0.25, 0.3) is 11.3 Å². The first-order chi connectivity index (χ1) is 11.6. The topological polar surface area (TPSA) is 73.4 Å². The van der Waals surface area contributed by atoms with Gasteiger partial charge in [-0.15, -0.1) is 0 Å². The third-order valence-corrected chi connectivity index (χ3v) is 5.67. The van der Waals surface area contributed by atoms with Crippen molar-refractivity contribution < 1.29 is 9.13 Å². The molecule has 1 aromatic carbocycles. The molecule has 2 aromatic rings. The van der Waals surface area contributed by atoms with Crippen LogP contribution in [0.5, 0.6) is 0 Å². The highest BCUT2D eigenvalue weighted by Gasteiger charge is 2.52. The Labute approximate surface area is 143 Å². The molecule has 2 aliphatic heterocycles. The number of aliphatic imine (C=N–C) groups is 1. The van der Waals surface area contributed by atoms with Crippen LogP contribution in [0.15, 0.2) is 41.8 Å². The highest BCUT2D eigenvalue weighted by atomic mass is 32.2. The summed E-state index contributed by atoms with van der Waals surface area (Å²) in [7, 11) is 0. The van der Waals surface area contributed by atoms with E-state index in [1.807, 2.05) is 6.92 Å². The van der Waals surface area contributed by atoms with Crippen LogP contribution >= 0.6 is 11.8 Å². The Hall–Kier alpha value is -1.99. The van der Waals surface area contributed by atoms with Gasteiger partial charge in [-0.3, -0.25) is 9.97 Å². The molecular formula is C17H17FN4OS. The average Bonchev–Trinajstić information content (AvgIpc) is 2.93. The number of nitrogens with two attached hydrogens (primary N) is 1. The summed E-state index contributed by atoms with van der Waals surface area (Å²) >= 11 is 1.50. The van der Waals surface area contributed by atoms with Gasteiger partial charge in [-0.1, -0.05) is 11.8 Å². The summed E-state index contributed by atoms with van der Waals surface area (Å²) in [5.41, 5.74) is 7.22. The van der Waals surface area contributed by atoms with E-state index < -0.39 is 5.54 Å². The summed E-state index contributed by atoms with van der Waals surface area (Å²) < 4.78 is 20.6. The first-order valence-electron chi connectivity index (χ1n) is 7.76. The summed E-state index contributed by atoms with van der Waals surface area (Å²) in [5.74, 6) is 0.556. The average molecular weight is 344 g/mol. The second-order valence-electron chi connectivity index (χ2n) is 6.09. The molecule has 5 nitrogen and oxygen atoms in total. The van der Waals surface area contributed by atoms with Gasteiger partial charge in [-0.2, -0.15) is 0 Å². The Morgan fingerprint density at radius 3 is 3.04 bits per heavy atom. The maximum atomic E-state index is 14.7. The molecular weight excluding hydrogens is 327 g/mol. The van der Waals surface area contributed by atoms with E-state index in [-0.39, 0.29) is 17.8 Å². The zero-order valence-electron chi connectivity index (χ0n) is 13.1. The van der Waals surface area contributed by atoms with Crippen molar-refractivity contribution in [3.8, 4) is 11.3 Å². The highest BCUT2D eigenvalue weighted by molar-refractivity contribution is 8.13. The van der Waals surface area contributed by atoms with Crippen molar-refractivity contribution in [2.75, 3.05) is 12.4 Å². The van der Waals surface area contributed by atoms with Crippen LogP contribution in [0, 0.1) is 11.7 Å². The van der Waals surface area contributed by atoms with Gasteiger partial charge < -0.3 is 10.5 Å². The molecule has 0 aliphatic carbocycles. The highest BCUT2D eigenvalue weighted by Crippen LogP contribution is 2.48. The molecule has 0 unspecified atom stereocenters. The molecule has 2 aliphatic rings. The summed E-state index contributed by atoms with van der Waals surface area (Å²) in [6.45, 7) is 2.34. The van der Waals surface area contributed by atoms with E-state index in [0.717, 1.165) is 11.3 Å². The lowest BCUT2D eigenvalue weighted by Gasteiger charge is -2.35. The Bertz CT molecular complexity index is 800. The van der Waals surface area contributed by atoms with Gasteiger partial charge in [0.2, 0.25) is 0 Å². The molecule has 124 valence electrons. The summed E-state index contributed by atoms with van der Waals surface area (Å²) in [4.78, 5) is 13.0. The molecule has 0 spiro atoms. The van der Waals surface area contributed by atoms with Gasteiger partial charge in [0.1, 0.15) is 11.4 Å². The monoisotopic (exact) mass is 344 g/mol. The number of thioether (sulfide) groups is 1. The lowest BCUT2D eigenvalue weighted by atomic mass is 9.78. The number of fused-ring (bicyclic) bond motifs is 1. The van der Waals surface area contributed by atoms with E-state index in [2.05, 4.69) is 15.0 Å². The van der Waals surface area contributed by atoms with E-state index in [0.29, 0.717) is 23.0 Å². The van der Waals surface area contributed by atoms with Crippen LogP contribution in [-0.2, 0) is 10.3 Å². The molecule has 1 saturated heterocycles. The molecule has 0 amide bonds. The largest absolute Gasteiger partial charge is 0.379 e. The minimum atomic E-state index is -0.767. The van der Waals surface area contributed by atoms with Crippen molar-refractivity contribution in [1.82, 2.24) is 9.97 Å². The van der Waals surface area contributed by atoms with Crippen molar-refractivity contribution >= 4 is 16.9 Å². The fraction of sp³-hybridized carbons (Fsp3) is 0.353. The van der Waals surface area contributed by atoms with Crippen molar-refractivity contribution in [3.63, 3.8) is 0 Å². The first kappa shape index (κ1) is 15.5. The van der Waals surface area contributed by atoms with Crippen LogP contribution in [0.2, 0.25) is 0 Å². The van der Waals surface area contributed by atoms with Crippen LogP contribution in [0.3, 0.4) is 0 Å². The number of nitrogens with zero attached hydrogens (tertiary/aromatic N) is 3. The number of hydrogen-bond donors (Lipinski definition) is 1. The third kappa shape index (κ3) is 2.39. The summed E-state index contributed by atoms with van der Waals surface area (Å²) in [6.07, 6.45) is 4.90. The second-order valence-corrected chi connectivity index (χ2v) is 7.13. The van der Waals surface area contributed by atoms with E-state index in [9.17, 15) is 4.39 Å². The molecule has 3 atom stereocenters. The van der Waals surface area contributed by atoms with Crippen molar-refractivity contribution in [2.24, 2.45) is 16.6 Å². The minimum absolute atomic E-state index is 0.00826. The first-order valence-corrected chi connectivity index (χ1v) is 8.75. The smallest absolute Gasteiger partial charge is 0.154 e. The quantitative estimate of drug-likeness (QED) is 0.906. The predicted molar refractivity (Wildman–Crippen MR) is 92.1 cm³/mol. The van der Waals surface area contributed by atoms with Crippen LogP contribution in [-0.4, -0.2) is 33.6 Å². The standard InChI is InChI=1S/C17H17FN4OS/c1-10-13-8-24-16(19)22-17(13,9-23-10)12-6-11(2-3-14(12)18)15-7-20-4-5-21-15/h2-7,10,13H,8-9H2,1H3,(H2,19,22)/t10-,13-,17-/m1/s1. The Balaban J connectivity index is 1.87. The zero-order valence-corrected chi connectivity index (χ0v) is 14.0. The number of aromatic nitrogens is 2. The molecule has 1 aromatic heterocycles.